The van der Waals surface area contributed by atoms with Crippen molar-refractivity contribution in [2.24, 2.45) is 5.92 Å². The Morgan fingerprint density at radius 3 is 1.30 bits per heavy atom. The molecule has 0 saturated heterocycles. The Labute approximate surface area is 244 Å². The summed E-state index contributed by atoms with van der Waals surface area (Å²) < 4.78 is 0. The van der Waals surface area contributed by atoms with Gasteiger partial charge in [-0.3, -0.25) is 0 Å². The van der Waals surface area contributed by atoms with Gasteiger partial charge in [-0.05, 0) is 41.0 Å². The van der Waals surface area contributed by atoms with E-state index in [0.717, 1.165) is 0 Å². The lowest BCUT2D eigenvalue weighted by Crippen LogP contribution is -2.40. The summed E-state index contributed by atoms with van der Waals surface area (Å²) in [7, 11) is 0. The fraction of sp³-hybridized carbons (Fsp3) is 0.400. The van der Waals surface area contributed by atoms with E-state index in [1.165, 1.54) is 92.9 Å². The van der Waals surface area contributed by atoms with Crippen molar-refractivity contribution < 1.29 is 0 Å². The van der Waals surface area contributed by atoms with Crippen LogP contribution in [-0.2, 0) is 5.41 Å². The number of rotatable bonds is 17. The molecule has 0 N–H and O–H groups in total. The van der Waals surface area contributed by atoms with Gasteiger partial charge in [0.05, 0.1) is 0 Å². The lowest BCUT2D eigenvalue weighted by molar-refractivity contribution is 0.241. The van der Waals surface area contributed by atoms with Crippen molar-refractivity contribution in [3.63, 3.8) is 0 Å². The number of benzene rings is 4. The predicted octanol–water partition coefficient (Wildman–Crippen LogP) is 11.8. The fourth-order valence-corrected chi connectivity index (χ4v) is 7.01. The Morgan fingerprint density at radius 1 is 0.450 bits per heavy atom. The average Bonchev–Trinajstić information content (AvgIpc) is 3.03. The average molecular weight is 531 g/mol. The summed E-state index contributed by atoms with van der Waals surface area (Å²) in [4.78, 5) is 0. The third-order valence-electron chi connectivity index (χ3n) is 8.97. The van der Waals surface area contributed by atoms with Crippen molar-refractivity contribution >= 4 is 0 Å². The molecular formula is C40H50. The molecule has 0 aliphatic rings. The van der Waals surface area contributed by atoms with Gasteiger partial charge in [0.15, 0.2) is 0 Å². The van der Waals surface area contributed by atoms with Crippen LogP contribution in [0.3, 0.4) is 0 Å². The van der Waals surface area contributed by atoms with Crippen LogP contribution in [0.4, 0.5) is 0 Å². The molecule has 0 aromatic heterocycles. The summed E-state index contributed by atoms with van der Waals surface area (Å²) in [6, 6.07) is 45.9. The summed E-state index contributed by atoms with van der Waals surface area (Å²) in [5.74, 6) is 0.755. The van der Waals surface area contributed by atoms with Crippen LogP contribution in [0.2, 0.25) is 0 Å². The van der Waals surface area contributed by atoms with Crippen molar-refractivity contribution in [1.82, 2.24) is 0 Å². The highest BCUT2D eigenvalue weighted by molar-refractivity contribution is 5.45. The van der Waals surface area contributed by atoms with Gasteiger partial charge in [0.25, 0.3) is 0 Å². The largest absolute Gasteiger partial charge is 0.0654 e. The minimum Gasteiger partial charge on any atom is -0.0654 e. The lowest BCUT2D eigenvalue weighted by Gasteiger charge is -2.47. The Morgan fingerprint density at radius 2 is 0.850 bits per heavy atom. The second-order valence-corrected chi connectivity index (χ2v) is 11.6. The van der Waals surface area contributed by atoms with Crippen molar-refractivity contribution in [2.45, 2.75) is 95.8 Å². The number of hydrogen-bond donors (Lipinski definition) is 0. The SMILES string of the molecule is CCCCCCCC(c1ccccc1)(c1ccccc1)C(CCCCCC)C(c1ccccc1)c1ccccc1. The lowest BCUT2D eigenvalue weighted by atomic mass is 9.56. The molecule has 1 atom stereocenters. The van der Waals surface area contributed by atoms with E-state index < -0.39 is 0 Å². The van der Waals surface area contributed by atoms with Crippen LogP contribution >= 0.6 is 0 Å². The van der Waals surface area contributed by atoms with Crippen LogP contribution in [0.25, 0.3) is 0 Å². The third kappa shape index (κ3) is 7.54. The molecule has 0 amide bonds. The van der Waals surface area contributed by atoms with E-state index >= 15 is 0 Å². The zero-order valence-corrected chi connectivity index (χ0v) is 25.0. The topological polar surface area (TPSA) is 0 Å². The standard InChI is InChI=1S/C40H50/c1-3-5-7-9-23-33-40(36-28-18-12-19-29-36,37-30-20-13-21-31-37)38(32-22-8-6-4-2)39(34-24-14-10-15-25-34)35-26-16-11-17-27-35/h10-21,24-31,38-39H,3-9,22-23,32-33H2,1-2H3. The second kappa shape index (κ2) is 16.2. The van der Waals surface area contributed by atoms with E-state index in [4.69, 9.17) is 0 Å². The molecule has 0 nitrogen and oxygen atoms in total. The Balaban J connectivity index is 1.94. The molecule has 210 valence electrons. The highest BCUT2D eigenvalue weighted by Gasteiger charge is 2.45. The molecule has 1 unspecified atom stereocenters. The molecule has 40 heavy (non-hydrogen) atoms. The first-order valence-corrected chi connectivity index (χ1v) is 16.0. The normalized spacial score (nSPS) is 12.5. The van der Waals surface area contributed by atoms with E-state index in [2.05, 4.69) is 135 Å². The van der Waals surface area contributed by atoms with Crippen molar-refractivity contribution in [1.29, 1.82) is 0 Å². The maximum atomic E-state index is 2.42. The first-order chi connectivity index (χ1) is 19.8. The maximum absolute atomic E-state index is 2.42. The van der Waals surface area contributed by atoms with Crippen LogP contribution in [-0.4, -0.2) is 0 Å². The first kappa shape index (κ1) is 29.9. The molecule has 0 aliphatic heterocycles. The zero-order valence-electron chi connectivity index (χ0n) is 25.0. The predicted molar refractivity (Wildman–Crippen MR) is 174 cm³/mol. The van der Waals surface area contributed by atoms with Gasteiger partial charge in [-0.15, -0.1) is 0 Å². The molecular weight excluding hydrogens is 480 g/mol. The molecule has 0 saturated carbocycles. The molecule has 0 aliphatic carbocycles. The second-order valence-electron chi connectivity index (χ2n) is 11.6. The number of unbranched alkanes of at least 4 members (excludes halogenated alkanes) is 7. The van der Waals surface area contributed by atoms with E-state index in [1.807, 2.05) is 0 Å². The van der Waals surface area contributed by atoms with Gasteiger partial charge in [-0.2, -0.15) is 0 Å². The Kier molecular flexibility index (Phi) is 12.1. The van der Waals surface area contributed by atoms with Crippen molar-refractivity contribution in [3.8, 4) is 0 Å². The summed E-state index contributed by atoms with van der Waals surface area (Å²) in [5.41, 5.74) is 5.77. The summed E-state index contributed by atoms with van der Waals surface area (Å²) in [6.07, 6.45) is 14.1. The maximum Gasteiger partial charge on any atom is 0.0240 e. The van der Waals surface area contributed by atoms with Gasteiger partial charge in [0.2, 0.25) is 0 Å². The van der Waals surface area contributed by atoms with Crippen LogP contribution in [0.5, 0.6) is 0 Å². The van der Waals surface area contributed by atoms with Crippen LogP contribution < -0.4 is 0 Å². The molecule has 0 heterocycles. The van der Waals surface area contributed by atoms with E-state index in [0.29, 0.717) is 11.8 Å². The number of hydrogen-bond acceptors (Lipinski definition) is 0. The molecule has 4 aromatic rings. The summed E-state index contributed by atoms with van der Waals surface area (Å²) >= 11 is 0. The van der Waals surface area contributed by atoms with E-state index in [-0.39, 0.29) is 5.41 Å². The minimum atomic E-state index is -0.0721. The minimum absolute atomic E-state index is 0.0721. The van der Waals surface area contributed by atoms with Crippen LogP contribution in [0, 0.1) is 5.92 Å². The Hall–Kier alpha value is -3.12. The van der Waals surface area contributed by atoms with Gasteiger partial charge in [0, 0.05) is 11.3 Å². The van der Waals surface area contributed by atoms with Gasteiger partial charge < -0.3 is 0 Å². The molecule has 0 bridgehead atoms. The van der Waals surface area contributed by atoms with E-state index in [9.17, 15) is 0 Å². The van der Waals surface area contributed by atoms with E-state index in [1.54, 1.807) is 0 Å². The quantitative estimate of drug-likeness (QED) is 0.119. The molecule has 0 spiro atoms. The van der Waals surface area contributed by atoms with Crippen molar-refractivity contribution in [3.05, 3.63) is 144 Å². The van der Waals surface area contributed by atoms with Crippen LogP contribution in [0.1, 0.15) is 113 Å². The highest BCUT2D eigenvalue weighted by Crippen LogP contribution is 2.53. The first-order valence-electron chi connectivity index (χ1n) is 16.0. The summed E-state index contributed by atoms with van der Waals surface area (Å²) in [5, 5.41) is 0. The smallest absolute Gasteiger partial charge is 0.0240 e. The fourth-order valence-electron chi connectivity index (χ4n) is 7.01. The Bertz CT molecular complexity index is 1100. The molecule has 4 aromatic carbocycles. The van der Waals surface area contributed by atoms with Gasteiger partial charge in [-0.25, -0.2) is 0 Å². The van der Waals surface area contributed by atoms with Crippen molar-refractivity contribution in [2.75, 3.05) is 0 Å². The molecule has 0 fully saturated rings. The van der Waals surface area contributed by atoms with Gasteiger partial charge >= 0.3 is 0 Å². The molecule has 0 radical (unpaired) electrons. The highest BCUT2D eigenvalue weighted by atomic mass is 14.5. The zero-order chi connectivity index (χ0) is 27.9. The molecule has 4 rings (SSSR count). The van der Waals surface area contributed by atoms with Crippen LogP contribution in [0.15, 0.2) is 121 Å². The third-order valence-corrected chi connectivity index (χ3v) is 8.97. The summed E-state index contributed by atoms with van der Waals surface area (Å²) in [6.45, 7) is 4.64. The van der Waals surface area contributed by atoms with Gasteiger partial charge in [-0.1, -0.05) is 193 Å². The monoisotopic (exact) mass is 530 g/mol. The van der Waals surface area contributed by atoms with Gasteiger partial charge in [0.1, 0.15) is 0 Å². The molecule has 0 heteroatoms.